The minimum absolute atomic E-state index is 0.0941. The van der Waals surface area contributed by atoms with Gasteiger partial charge in [-0.15, -0.1) is 0 Å². The molecule has 0 rings (SSSR count). The molecular weight excluding hydrogens is 448 g/mol. The molecule has 0 aromatic rings. The van der Waals surface area contributed by atoms with Gasteiger partial charge in [0.15, 0.2) is 0 Å². The third kappa shape index (κ3) is 12.5. The van der Waals surface area contributed by atoms with Crippen LogP contribution in [0.4, 0.5) is 0 Å². The summed E-state index contributed by atoms with van der Waals surface area (Å²) in [5.74, 6) is -5.15. The van der Waals surface area contributed by atoms with Gasteiger partial charge in [-0.25, -0.2) is 4.79 Å². The zero-order valence-electron chi connectivity index (χ0n) is 19.9. The van der Waals surface area contributed by atoms with Crippen LogP contribution in [0.5, 0.6) is 0 Å². The molecule has 0 aromatic carbocycles. The van der Waals surface area contributed by atoms with Crippen molar-refractivity contribution < 1.29 is 34.2 Å². The van der Waals surface area contributed by atoms with E-state index >= 15 is 0 Å². The van der Waals surface area contributed by atoms with Crippen LogP contribution < -0.4 is 33.2 Å². The smallest absolute Gasteiger partial charge is 0.326 e. The molecule has 0 aliphatic rings. The summed E-state index contributed by atoms with van der Waals surface area (Å²) >= 11 is 0. The predicted octanol–water partition coefficient (Wildman–Crippen LogP) is -1.76. The molecule has 0 aromatic heterocycles. The van der Waals surface area contributed by atoms with Crippen molar-refractivity contribution in [1.82, 2.24) is 16.0 Å². The molecule has 0 aliphatic heterocycles. The van der Waals surface area contributed by atoms with E-state index in [1.807, 2.05) is 0 Å². The van der Waals surface area contributed by atoms with E-state index in [9.17, 15) is 34.2 Å². The summed E-state index contributed by atoms with van der Waals surface area (Å²) in [6.45, 7) is 4.22. The zero-order valence-corrected chi connectivity index (χ0v) is 19.9. The molecule has 34 heavy (non-hydrogen) atoms. The molecule has 196 valence electrons. The van der Waals surface area contributed by atoms with E-state index in [2.05, 4.69) is 16.0 Å². The SMILES string of the molecule is CC(C)C(N)C(=O)NC(CCCCN)C(=O)NC(CC(=O)O)C(=O)NC(CCCCN)C(=O)O. The molecule has 13 nitrogen and oxygen atoms in total. The number of hydrogen-bond acceptors (Lipinski definition) is 8. The molecule has 0 bridgehead atoms. The Hall–Kier alpha value is -2.77. The fourth-order valence-electron chi connectivity index (χ4n) is 3.01. The number of nitrogens with two attached hydrogens (primary N) is 3. The van der Waals surface area contributed by atoms with Crippen LogP contribution in [0.15, 0.2) is 0 Å². The number of amides is 3. The second kappa shape index (κ2) is 16.8. The third-order valence-electron chi connectivity index (χ3n) is 5.17. The van der Waals surface area contributed by atoms with E-state index in [-0.39, 0.29) is 18.8 Å². The summed E-state index contributed by atoms with van der Waals surface area (Å²) in [5, 5.41) is 25.7. The van der Waals surface area contributed by atoms with Gasteiger partial charge >= 0.3 is 11.9 Å². The first-order valence-electron chi connectivity index (χ1n) is 11.5. The number of nitrogens with one attached hydrogen (secondary N) is 3. The van der Waals surface area contributed by atoms with Crippen molar-refractivity contribution in [3.63, 3.8) is 0 Å². The summed E-state index contributed by atoms with van der Waals surface area (Å²) in [5.41, 5.74) is 16.7. The molecule has 0 spiro atoms. The summed E-state index contributed by atoms with van der Waals surface area (Å²) in [6, 6.07) is -4.76. The largest absolute Gasteiger partial charge is 0.481 e. The zero-order chi connectivity index (χ0) is 26.3. The van der Waals surface area contributed by atoms with E-state index in [1.54, 1.807) is 13.8 Å². The highest BCUT2D eigenvalue weighted by molar-refractivity contribution is 5.95. The van der Waals surface area contributed by atoms with Crippen LogP contribution in [0.1, 0.15) is 58.8 Å². The van der Waals surface area contributed by atoms with Crippen LogP contribution in [0.3, 0.4) is 0 Å². The first-order valence-corrected chi connectivity index (χ1v) is 11.5. The predicted molar refractivity (Wildman–Crippen MR) is 124 cm³/mol. The summed E-state index contributed by atoms with van der Waals surface area (Å²) in [6.07, 6.45) is 1.57. The molecule has 0 heterocycles. The minimum Gasteiger partial charge on any atom is -0.481 e. The Morgan fingerprint density at radius 3 is 1.59 bits per heavy atom. The monoisotopic (exact) mass is 488 g/mol. The lowest BCUT2D eigenvalue weighted by Gasteiger charge is -2.25. The van der Waals surface area contributed by atoms with Crippen molar-refractivity contribution in [3.8, 4) is 0 Å². The lowest BCUT2D eigenvalue weighted by atomic mass is 10.0. The molecule has 0 radical (unpaired) electrons. The molecule has 0 aliphatic carbocycles. The van der Waals surface area contributed by atoms with Gasteiger partial charge in [0, 0.05) is 0 Å². The van der Waals surface area contributed by atoms with Gasteiger partial charge in [0.2, 0.25) is 17.7 Å². The minimum atomic E-state index is -1.55. The number of unbranched alkanes of at least 4 members (excludes halogenated alkanes) is 2. The molecule has 3 amide bonds. The summed E-state index contributed by atoms with van der Waals surface area (Å²) in [4.78, 5) is 60.7. The molecular formula is C21H40N6O7. The van der Waals surface area contributed by atoms with Crippen molar-refractivity contribution in [2.45, 2.75) is 83.0 Å². The lowest BCUT2D eigenvalue weighted by molar-refractivity contribution is -0.143. The quantitative estimate of drug-likeness (QED) is 0.101. The van der Waals surface area contributed by atoms with Gasteiger partial charge < -0.3 is 43.4 Å². The molecule has 0 fully saturated rings. The highest BCUT2D eigenvalue weighted by atomic mass is 16.4. The summed E-state index contributed by atoms with van der Waals surface area (Å²) in [7, 11) is 0. The lowest BCUT2D eigenvalue weighted by Crippen LogP contribution is -2.57. The molecule has 13 heteroatoms. The number of rotatable bonds is 18. The van der Waals surface area contributed by atoms with Gasteiger partial charge in [0.05, 0.1) is 12.5 Å². The van der Waals surface area contributed by atoms with E-state index < -0.39 is 60.2 Å². The first-order chi connectivity index (χ1) is 15.9. The molecule has 0 saturated carbocycles. The Bertz CT molecular complexity index is 689. The maximum absolute atomic E-state index is 12.9. The Labute approximate surface area is 199 Å². The second-order valence-electron chi connectivity index (χ2n) is 8.46. The Kier molecular flexibility index (Phi) is 15.4. The van der Waals surface area contributed by atoms with Crippen molar-refractivity contribution >= 4 is 29.7 Å². The number of carboxylic acid groups (broad SMARTS) is 2. The topological polar surface area (TPSA) is 240 Å². The Morgan fingerprint density at radius 1 is 0.706 bits per heavy atom. The number of carbonyl (C=O) groups is 5. The summed E-state index contributed by atoms with van der Waals surface area (Å²) < 4.78 is 0. The number of hydrogen-bond donors (Lipinski definition) is 8. The van der Waals surface area contributed by atoms with Crippen molar-refractivity contribution in [1.29, 1.82) is 0 Å². The van der Waals surface area contributed by atoms with Gasteiger partial charge in [-0.05, 0) is 57.5 Å². The van der Waals surface area contributed by atoms with Crippen molar-refractivity contribution in [2.24, 2.45) is 23.1 Å². The van der Waals surface area contributed by atoms with E-state index in [4.69, 9.17) is 17.2 Å². The average molecular weight is 489 g/mol. The van der Waals surface area contributed by atoms with Crippen LogP contribution in [-0.4, -0.2) is 77.1 Å². The van der Waals surface area contributed by atoms with E-state index in [1.165, 1.54) is 0 Å². The van der Waals surface area contributed by atoms with E-state index in [0.717, 1.165) is 0 Å². The molecule has 4 unspecified atom stereocenters. The standard InChI is InChI=1S/C21H40N6O7/c1-12(2)17(24)20(32)25-13(7-3-5-9-22)18(30)27-15(11-16(28)29)19(31)26-14(21(33)34)8-4-6-10-23/h12-15,17H,3-11,22-24H2,1-2H3,(H,25,32)(H,26,31)(H,27,30)(H,28,29)(H,33,34). The number of carboxylic acids is 2. The maximum Gasteiger partial charge on any atom is 0.326 e. The van der Waals surface area contributed by atoms with Gasteiger partial charge in [-0.2, -0.15) is 0 Å². The van der Waals surface area contributed by atoms with Gasteiger partial charge in [0.25, 0.3) is 0 Å². The highest BCUT2D eigenvalue weighted by Crippen LogP contribution is 2.07. The first kappa shape index (κ1) is 31.2. The van der Waals surface area contributed by atoms with Crippen LogP contribution in [0, 0.1) is 5.92 Å². The third-order valence-corrected chi connectivity index (χ3v) is 5.17. The number of carbonyl (C=O) groups excluding carboxylic acids is 3. The van der Waals surface area contributed by atoms with Gasteiger partial charge in [0.1, 0.15) is 18.1 Å². The van der Waals surface area contributed by atoms with Crippen LogP contribution in [-0.2, 0) is 24.0 Å². The van der Waals surface area contributed by atoms with Crippen LogP contribution in [0.25, 0.3) is 0 Å². The van der Waals surface area contributed by atoms with Crippen LogP contribution >= 0.6 is 0 Å². The fraction of sp³-hybridized carbons (Fsp3) is 0.762. The second-order valence-corrected chi connectivity index (χ2v) is 8.46. The molecule has 11 N–H and O–H groups in total. The Balaban J connectivity index is 5.47. The maximum atomic E-state index is 12.9. The average Bonchev–Trinajstić information content (AvgIpc) is 2.76. The van der Waals surface area contributed by atoms with Gasteiger partial charge in [-0.3, -0.25) is 19.2 Å². The van der Waals surface area contributed by atoms with Crippen LogP contribution in [0.2, 0.25) is 0 Å². The number of aliphatic carboxylic acids is 2. The normalized spacial score (nSPS) is 14.5. The molecule has 4 atom stereocenters. The fourth-order valence-corrected chi connectivity index (χ4v) is 3.01. The Morgan fingerprint density at radius 2 is 1.15 bits per heavy atom. The van der Waals surface area contributed by atoms with Crippen molar-refractivity contribution in [2.75, 3.05) is 13.1 Å². The molecule has 0 saturated heterocycles. The van der Waals surface area contributed by atoms with Crippen molar-refractivity contribution in [3.05, 3.63) is 0 Å². The van der Waals surface area contributed by atoms with E-state index in [0.29, 0.717) is 38.8 Å². The highest BCUT2D eigenvalue weighted by Gasteiger charge is 2.31. The van der Waals surface area contributed by atoms with Gasteiger partial charge in [-0.1, -0.05) is 13.8 Å².